The van der Waals surface area contributed by atoms with E-state index in [1.165, 1.54) is 19.3 Å². The Balaban J connectivity index is 2.04. The molecule has 0 bridgehead atoms. The minimum atomic E-state index is 0.237. The van der Waals surface area contributed by atoms with Crippen LogP contribution in [0.5, 0.6) is 0 Å². The van der Waals surface area contributed by atoms with Crippen molar-refractivity contribution in [2.45, 2.75) is 50.6 Å². The topological polar surface area (TPSA) is 32.3 Å². The molecule has 15 heavy (non-hydrogen) atoms. The van der Waals surface area contributed by atoms with Gasteiger partial charge in [-0.15, -0.1) is 0 Å². The van der Waals surface area contributed by atoms with Crippen molar-refractivity contribution in [1.29, 1.82) is 0 Å². The van der Waals surface area contributed by atoms with E-state index < -0.39 is 0 Å². The van der Waals surface area contributed by atoms with E-state index in [0.717, 1.165) is 5.75 Å². The maximum Gasteiger partial charge on any atom is 0.238 e. The summed E-state index contributed by atoms with van der Waals surface area (Å²) in [5.41, 5.74) is 0. The standard InChI is InChI=1S/C11H20N2OS/c1-3-15-10-6-4-5-9(10)13-8(2)12-7-11(13)14/h8-10,12H,3-7H2,1-2H3. The van der Waals surface area contributed by atoms with Crippen molar-refractivity contribution in [3.05, 3.63) is 0 Å². The van der Waals surface area contributed by atoms with Crippen molar-refractivity contribution < 1.29 is 4.79 Å². The quantitative estimate of drug-likeness (QED) is 0.793. The van der Waals surface area contributed by atoms with Crippen molar-refractivity contribution in [1.82, 2.24) is 10.2 Å². The highest BCUT2D eigenvalue weighted by Crippen LogP contribution is 2.34. The Hall–Kier alpha value is -0.220. The molecule has 3 atom stereocenters. The molecule has 0 aromatic carbocycles. The van der Waals surface area contributed by atoms with Crippen LogP contribution in [0.15, 0.2) is 0 Å². The van der Waals surface area contributed by atoms with Crippen molar-refractivity contribution in [3.8, 4) is 0 Å². The first kappa shape index (κ1) is 11.3. The number of hydrogen-bond donors (Lipinski definition) is 1. The summed E-state index contributed by atoms with van der Waals surface area (Å²) in [6.07, 6.45) is 3.98. The maximum absolute atomic E-state index is 11.8. The van der Waals surface area contributed by atoms with E-state index in [9.17, 15) is 4.79 Å². The van der Waals surface area contributed by atoms with Crippen LogP contribution < -0.4 is 5.32 Å². The molecule has 0 radical (unpaired) electrons. The molecular formula is C11H20N2OS. The molecule has 3 unspecified atom stereocenters. The molecule has 0 spiro atoms. The van der Waals surface area contributed by atoms with E-state index in [4.69, 9.17) is 0 Å². The van der Waals surface area contributed by atoms with Crippen LogP contribution in [0.3, 0.4) is 0 Å². The van der Waals surface area contributed by atoms with Crippen LogP contribution in [0, 0.1) is 0 Å². The summed E-state index contributed by atoms with van der Waals surface area (Å²) in [4.78, 5) is 13.9. The molecule has 1 saturated carbocycles. The number of carbonyl (C=O) groups is 1. The SMILES string of the molecule is CCSC1CCCC1N1C(=O)CNC1C. The Morgan fingerprint density at radius 1 is 1.53 bits per heavy atom. The average Bonchev–Trinajstić information content (AvgIpc) is 2.75. The lowest BCUT2D eigenvalue weighted by Gasteiger charge is -2.32. The summed E-state index contributed by atoms with van der Waals surface area (Å²) in [6.45, 7) is 4.82. The smallest absolute Gasteiger partial charge is 0.238 e. The van der Waals surface area contributed by atoms with Gasteiger partial charge in [-0.25, -0.2) is 0 Å². The molecule has 1 N–H and O–H groups in total. The monoisotopic (exact) mass is 228 g/mol. The van der Waals surface area contributed by atoms with Crippen LogP contribution in [0.25, 0.3) is 0 Å². The number of nitrogens with one attached hydrogen (secondary N) is 1. The van der Waals surface area contributed by atoms with Gasteiger partial charge in [-0.2, -0.15) is 11.8 Å². The molecule has 1 aliphatic carbocycles. The number of amides is 1. The number of hydrogen-bond acceptors (Lipinski definition) is 3. The van der Waals surface area contributed by atoms with Gasteiger partial charge in [0.2, 0.25) is 5.91 Å². The van der Waals surface area contributed by atoms with Gasteiger partial charge in [-0.05, 0) is 25.5 Å². The van der Waals surface area contributed by atoms with E-state index in [1.807, 2.05) is 11.8 Å². The minimum absolute atomic E-state index is 0.237. The Labute approximate surface area is 96.0 Å². The number of rotatable bonds is 3. The van der Waals surface area contributed by atoms with E-state index in [0.29, 0.717) is 17.8 Å². The Bertz CT molecular complexity index is 247. The third-order valence-electron chi connectivity index (χ3n) is 3.41. The molecule has 2 aliphatic rings. The summed E-state index contributed by atoms with van der Waals surface area (Å²) in [7, 11) is 0. The fraction of sp³-hybridized carbons (Fsp3) is 0.909. The number of thioether (sulfide) groups is 1. The average molecular weight is 228 g/mol. The van der Waals surface area contributed by atoms with Crippen molar-refractivity contribution in [2.75, 3.05) is 12.3 Å². The molecule has 2 rings (SSSR count). The van der Waals surface area contributed by atoms with Crippen LogP contribution in [0.4, 0.5) is 0 Å². The summed E-state index contributed by atoms with van der Waals surface area (Å²) >= 11 is 2.02. The van der Waals surface area contributed by atoms with Crippen LogP contribution in [-0.2, 0) is 4.79 Å². The molecule has 4 heteroatoms. The number of nitrogens with zero attached hydrogens (tertiary/aromatic N) is 1. The van der Waals surface area contributed by atoms with Gasteiger partial charge in [0, 0.05) is 11.3 Å². The zero-order valence-electron chi connectivity index (χ0n) is 9.53. The highest BCUT2D eigenvalue weighted by molar-refractivity contribution is 7.99. The maximum atomic E-state index is 11.8. The highest BCUT2D eigenvalue weighted by atomic mass is 32.2. The van der Waals surface area contributed by atoms with Crippen LogP contribution in [-0.4, -0.2) is 40.6 Å². The van der Waals surface area contributed by atoms with Crippen LogP contribution >= 0.6 is 11.8 Å². The molecule has 1 heterocycles. The Morgan fingerprint density at radius 3 is 2.93 bits per heavy atom. The van der Waals surface area contributed by atoms with E-state index in [-0.39, 0.29) is 12.1 Å². The predicted octanol–water partition coefficient (Wildman–Crippen LogP) is 1.44. The Kier molecular flexibility index (Phi) is 3.57. The molecule has 0 aromatic heterocycles. The summed E-state index contributed by atoms with van der Waals surface area (Å²) in [5.74, 6) is 1.45. The minimum Gasteiger partial charge on any atom is -0.322 e. The largest absolute Gasteiger partial charge is 0.322 e. The van der Waals surface area contributed by atoms with Gasteiger partial charge in [0.1, 0.15) is 0 Å². The lowest BCUT2D eigenvalue weighted by Crippen LogP contribution is -2.45. The zero-order valence-corrected chi connectivity index (χ0v) is 10.3. The first-order valence-electron chi connectivity index (χ1n) is 5.90. The number of carbonyl (C=O) groups excluding carboxylic acids is 1. The molecule has 1 saturated heterocycles. The summed E-state index contributed by atoms with van der Waals surface area (Å²) in [5, 5.41) is 3.89. The third kappa shape index (κ3) is 2.16. The van der Waals surface area contributed by atoms with Gasteiger partial charge < -0.3 is 4.90 Å². The molecule has 1 amide bonds. The van der Waals surface area contributed by atoms with E-state index in [2.05, 4.69) is 24.1 Å². The second-order valence-corrected chi connectivity index (χ2v) is 5.87. The van der Waals surface area contributed by atoms with Crippen molar-refractivity contribution in [2.24, 2.45) is 0 Å². The third-order valence-corrected chi connectivity index (χ3v) is 4.72. The fourth-order valence-electron chi connectivity index (χ4n) is 2.75. The van der Waals surface area contributed by atoms with Crippen LogP contribution in [0.2, 0.25) is 0 Å². The predicted molar refractivity (Wildman–Crippen MR) is 63.9 cm³/mol. The van der Waals surface area contributed by atoms with Gasteiger partial charge in [0.25, 0.3) is 0 Å². The highest BCUT2D eigenvalue weighted by Gasteiger charge is 2.39. The van der Waals surface area contributed by atoms with E-state index in [1.54, 1.807) is 0 Å². The first-order chi connectivity index (χ1) is 7.24. The molecule has 2 fully saturated rings. The first-order valence-corrected chi connectivity index (χ1v) is 6.95. The van der Waals surface area contributed by atoms with Gasteiger partial charge in [-0.3, -0.25) is 10.1 Å². The van der Waals surface area contributed by atoms with Gasteiger partial charge in [-0.1, -0.05) is 13.3 Å². The van der Waals surface area contributed by atoms with Gasteiger partial charge in [0.05, 0.1) is 12.7 Å². The normalized spacial score (nSPS) is 36.5. The van der Waals surface area contributed by atoms with Gasteiger partial charge in [0.15, 0.2) is 0 Å². The lowest BCUT2D eigenvalue weighted by molar-refractivity contribution is -0.129. The van der Waals surface area contributed by atoms with Crippen molar-refractivity contribution >= 4 is 17.7 Å². The summed E-state index contributed by atoms with van der Waals surface area (Å²) < 4.78 is 0. The van der Waals surface area contributed by atoms with Crippen molar-refractivity contribution in [3.63, 3.8) is 0 Å². The zero-order chi connectivity index (χ0) is 10.8. The fourth-order valence-corrected chi connectivity index (χ4v) is 4.00. The van der Waals surface area contributed by atoms with Gasteiger partial charge >= 0.3 is 0 Å². The summed E-state index contributed by atoms with van der Waals surface area (Å²) in [6, 6.07) is 0.479. The second kappa shape index (κ2) is 4.74. The Morgan fingerprint density at radius 2 is 2.33 bits per heavy atom. The molecular weight excluding hydrogens is 208 g/mol. The lowest BCUT2D eigenvalue weighted by atomic mass is 10.2. The molecule has 3 nitrogen and oxygen atoms in total. The van der Waals surface area contributed by atoms with Crippen LogP contribution in [0.1, 0.15) is 33.1 Å². The second-order valence-electron chi connectivity index (χ2n) is 4.35. The molecule has 0 aromatic rings. The van der Waals surface area contributed by atoms with E-state index >= 15 is 0 Å². The molecule has 86 valence electrons. The molecule has 1 aliphatic heterocycles.